The van der Waals surface area contributed by atoms with Crippen molar-refractivity contribution >= 4 is 5.91 Å². The highest BCUT2D eigenvalue weighted by Gasteiger charge is 2.50. The van der Waals surface area contributed by atoms with E-state index < -0.39 is 0 Å². The molecule has 4 aliphatic rings. The molecule has 0 saturated heterocycles. The summed E-state index contributed by atoms with van der Waals surface area (Å²) in [5, 5.41) is 3.26. The second-order valence-corrected chi connectivity index (χ2v) is 8.36. The zero-order valence-electron chi connectivity index (χ0n) is 13.6. The standard InChI is InChI=1S/C20H27NO/c1-14-2-4-15(5-3-14)9-19(22)21-13-20-10-16-6-17(11-20)8-18(7-16)12-20/h2-5,16-18H,6-13H2,1H3,(H,21,22). The van der Waals surface area contributed by atoms with Crippen molar-refractivity contribution in [1.29, 1.82) is 0 Å². The zero-order chi connectivity index (χ0) is 15.2. The summed E-state index contributed by atoms with van der Waals surface area (Å²) >= 11 is 0. The molecule has 1 amide bonds. The molecular weight excluding hydrogens is 270 g/mol. The molecule has 0 radical (unpaired) electrons. The molecule has 0 spiro atoms. The predicted molar refractivity (Wildman–Crippen MR) is 88.5 cm³/mol. The molecule has 0 aliphatic heterocycles. The molecule has 1 aromatic carbocycles. The molecular formula is C20H27NO. The van der Waals surface area contributed by atoms with E-state index >= 15 is 0 Å². The Kier molecular flexibility index (Phi) is 3.51. The van der Waals surface area contributed by atoms with Gasteiger partial charge in [0.15, 0.2) is 0 Å². The maximum atomic E-state index is 12.3. The highest BCUT2D eigenvalue weighted by atomic mass is 16.1. The van der Waals surface area contributed by atoms with Gasteiger partial charge in [0.25, 0.3) is 0 Å². The number of carbonyl (C=O) groups excluding carboxylic acids is 1. The van der Waals surface area contributed by atoms with Gasteiger partial charge in [-0.25, -0.2) is 0 Å². The molecule has 22 heavy (non-hydrogen) atoms. The van der Waals surface area contributed by atoms with Crippen molar-refractivity contribution in [3.63, 3.8) is 0 Å². The fourth-order valence-electron chi connectivity index (χ4n) is 5.75. The number of hydrogen-bond acceptors (Lipinski definition) is 1. The van der Waals surface area contributed by atoms with Gasteiger partial charge in [-0.1, -0.05) is 29.8 Å². The van der Waals surface area contributed by atoms with Gasteiger partial charge in [-0.15, -0.1) is 0 Å². The van der Waals surface area contributed by atoms with Gasteiger partial charge in [0.2, 0.25) is 5.91 Å². The largest absolute Gasteiger partial charge is 0.355 e. The third-order valence-electron chi connectivity index (χ3n) is 6.31. The van der Waals surface area contributed by atoms with Gasteiger partial charge in [0, 0.05) is 6.54 Å². The normalized spacial score (nSPS) is 35.6. The van der Waals surface area contributed by atoms with E-state index in [4.69, 9.17) is 0 Å². The average Bonchev–Trinajstić information content (AvgIpc) is 2.46. The van der Waals surface area contributed by atoms with Crippen LogP contribution in [0, 0.1) is 30.1 Å². The Morgan fingerprint density at radius 1 is 1.05 bits per heavy atom. The van der Waals surface area contributed by atoms with Crippen molar-refractivity contribution < 1.29 is 4.79 Å². The number of carbonyl (C=O) groups is 1. The Hall–Kier alpha value is -1.31. The number of rotatable bonds is 4. The smallest absolute Gasteiger partial charge is 0.224 e. The first-order valence-corrected chi connectivity index (χ1v) is 8.92. The lowest BCUT2D eigenvalue weighted by molar-refractivity contribution is -0.122. The fraction of sp³-hybridized carbons (Fsp3) is 0.650. The van der Waals surface area contributed by atoms with Crippen LogP contribution in [-0.4, -0.2) is 12.5 Å². The number of amides is 1. The van der Waals surface area contributed by atoms with Crippen molar-refractivity contribution in [1.82, 2.24) is 5.32 Å². The zero-order valence-corrected chi connectivity index (χ0v) is 13.6. The lowest BCUT2D eigenvalue weighted by atomic mass is 9.49. The van der Waals surface area contributed by atoms with Gasteiger partial charge in [-0.05, 0) is 74.2 Å². The van der Waals surface area contributed by atoms with Crippen molar-refractivity contribution in [2.75, 3.05) is 6.54 Å². The van der Waals surface area contributed by atoms with Gasteiger partial charge < -0.3 is 5.32 Å². The maximum absolute atomic E-state index is 12.3. The Bertz CT molecular complexity index is 524. The summed E-state index contributed by atoms with van der Waals surface area (Å²) in [7, 11) is 0. The van der Waals surface area contributed by atoms with Crippen molar-refractivity contribution in [3.05, 3.63) is 35.4 Å². The van der Waals surface area contributed by atoms with Gasteiger partial charge in [0.05, 0.1) is 6.42 Å². The van der Waals surface area contributed by atoms with Crippen LogP contribution < -0.4 is 5.32 Å². The van der Waals surface area contributed by atoms with Crippen molar-refractivity contribution in [3.8, 4) is 0 Å². The molecule has 5 rings (SSSR count). The van der Waals surface area contributed by atoms with E-state index in [1.54, 1.807) is 0 Å². The molecule has 4 saturated carbocycles. The minimum atomic E-state index is 0.194. The SMILES string of the molecule is Cc1ccc(CC(=O)NCC23CC4CC(CC(C4)C2)C3)cc1. The Balaban J connectivity index is 1.34. The first-order chi connectivity index (χ1) is 10.6. The highest BCUT2D eigenvalue weighted by Crippen LogP contribution is 2.59. The molecule has 0 atom stereocenters. The Morgan fingerprint density at radius 2 is 1.59 bits per heavy atom. The molecule has 118 valence electrons. The van der Waals surface area contributed by atoms with Gasteiger partial charge in [-0.2, -0.15) is 0 Å². The van der Waals surface area contributed by atoms with Gasteiger partial charge in [-0.3, -0.25) is 4.79 Å². The quantitative estimate of drug-likeness (QED) is 0.898. The van der Waals surface area contributed by atoms with Crippen LogP contribution in [0.1, 0.15) is 49.7 Å². The average molecular weight is 297 g/mol. The number of nitrogens with one attached hydrogen (secondary N) is 1. The van der Waals surface area contributed by atoms with Crippen LogP contribution in [0.4, 0.5) is 0 Å². The predicted octanol–water partition coefficient (Wildman–Crippen LogP) is 3.87. The summed E-state index contributed by atoms with van der Waals surface area (Å²) in [6.45, 7) is 3.00. The van der Waals surface area contributed by atoms with Crippen LogP contribution in [0.2, 0.25) is 0 Å². The third kappa shape index (κ3) is 2.80. The van der Waals surface area contributed by atoms with E-state index in [9.17, 15) is 4.79 Å². The van der Waals surface area contributed by atoms with Gasteiger partial charge >= 0.3 is 0 Å². The third-order valence-corrected chi connectivity index (χ3v) is 6.31. The molecule has 4 fully saturated rings. The Morgan fingerprint density at radius 3 is 2.14 bits per heavy atom. The molecule has 1 N–H and O–H groups in total. The molecule has 4 bridgehead atoms. The van der Waals surface area contributed by atoms with Crippen LogP contribution in [0.25, 0.3) is 0 Å². The first kappa shape index (κ1) is 14.3. The second kappa shape index (κ2) is 5.40. The minimum Gasteiger partial charge on any atom is -0.355 e. The minimum absolute atomic E-state index is 0.194. The van der Waals surface area contributed by atoms with Crippen molar-refractivity contribution in [2.24, 2.45) is 23.2 Å². The van der Waals surface area contributed by atoms with Crippen LogP contribution in [-0.2, 0) is 11.2 Å². The van der Waals surface area contributed by atoms with E-state index in [0.29, 0.717) is 11.8 Å². The van der Waals surface area contributed by atoms with Crippen LogP contribution in [0.3, 0.4) is 0 Å². The van der Waals surface area contributed by atoms with E-state index in [1.165, 1.54) is 44.1 Å². The molecule has 0 heterocycles. The summed E-state index contributed by atoms with van der Waals surface area (Å²) < 4.78 is 0. The van der Waals surface area contributed by atoms with E-state index in [-0.39, 0.29) is 5.91 Å². The van der Waals surface area contributed by atoms with E-state index in [1.807, 2.05) is 0 Å². The lowest BCUT2D eigenvalue weighted by Crippen LogP contribution is -2.51. The summed E-state index contributed by atoms with van der Waals surface area (Å²) in [5.41, 5.74) is 2.81. The fourth-order valence-corrected chi connectivity index (χ4v) is 5.75. The highest BCUT2D eigenvalue weighted by molar-refractivity contribution is 5.78. The van der Waals surface area contributed by atoms with E-state index in [2.05, 4.69) is 36.5 Å². The summed E-state index contributed by atoms with van der Waals surface area (Å²) in [6, 6.07) is 8.31. The Labute approximate surface area is 133 Å². The lowest BCUT2D eigenvalue weighted by Gasteiger charge is -2.56. The second-order valence-electron chi connectivity index (χ2n) is 8.36. The molecule has 4 aliphatic carbocycles. The van der Waals surface area contributed by atoms with Crippen LogP contribution >= 0.6 is 0 Å². The van der Waals surface area contributed by atoms with Crippen LogP contribution in [0.5, 0.6) is 0 Å². The monoisotopic (exact) mass is 297 g/mol. The molecule has 0 aromatic heterocycles. The topological polar surface area (TPSA) is 29.1 Å². The molecule has 0 unspecified atom stereocenters. The number of aryl methyl sites for hydroxylation is 1. The summed E-state index contributed by atoms with van der Waals surface area (Å²) in [5.74, 6) is 3.07. The molecule has 2 nitrogen and oxygen atoms in total. The molecule has 1 aromatic rings. The summed E-state index contributed by atoms with van der Waals surface area (Å²) in [4.78, 5) is 12.3. The van der Waals surface area contributed by atoms with E-state index in [0.717, 1.165) is 29.9 Å². The van der Waals surface area contributed by atoms with Crippen LogP contribution in [0.15, 0.2) is 24.3 Å². The molecule has 2 heteroatoms. The number of benzene rings is 1. The first-order valence-electron chi connectivity index (χ1n) is 8.92. The summed E-state index contributed by atoms with van der Waals surface area (Å²) in [6.07, 6.45) is 9.02. The maximum Gasteiger partial charge on any atom is 0.224 e. The van der Waals surface area contributed by atoms with Gasteiger partial charge in [0.1, 0.15) is 0 Å². The number of hydrogen-bond donors (Lipinski definition) is 1. The van der Waals surface area contributed by atoms with Crippen molar-refractivity contribution in [2.45, 2.75) is 51.9 Å².